The third kappa shape index (κ3) is 6.54. The van der Waals surface area contributed by atoms with Gasteiger partial charge in [-0.2, -0.15) is 0 Å². The molecule has 7 nitrogen and oxygen atoms in total. The number of benzene rings is 1. The molecule has 2 aliphatic rings. The van der Waals surface area contributed by atoms with Gasteiger partial charge >= 0.3 is 0 Å². The van der Waals surface area contributed by atoms with E-state index in [0.717, 1.165) is 29.8 Å². The molecule has 33 heavy (non-hydrogen) atoms. The van der Waals surface area contributed by atoms with Crippen LogP contribution in [0.4, 0.5) is 0 Å². The first-order valence-corrected chi connectivity index (χ1v) is 11.8. The Bertz CT molecular complexity index is 930. The zero-order valence-corrected chi connectivity index (χ0v) is 19.3. The Morgan fingerprint density at radius 2 is 1.97 bits per heavy atom. The monoisotopic (exact) mass is 451 g/mol. The number of ether oxygens (including phenoxy) is 2. The van der Waals surface area contributed by atoms with E-state index in [1.54, 1.807) is 23.1 Å². The third-order valence-electron chi connectivity index (χ3n) is 6.52. The summed E-state index contributed by atoms with van der Waals surface area (Å²) in [7, 11) is 1.64. The van der Waals surface area contributed by atoms with Crippen LogP contribution in [-0.4, -0.2) is 59.4 Å². The second kappa shape index (κ2) is 11.3. The van der Waals surface area contributed by atoms with Gasteiger partial charge in [-0.1, -0.05) is 31.0 Å². The summed E-state index contributed by atoms with van der Waals surface area (Å²) in [5.74, 6) is 1.21. The molecule has 2 aromatic rings. The number of carbonyl (C=O) groups is 2. The summed E-state index contributed by atoms with van der Waals surface area (Å²) >= 11 is 0. The van der Waals surface area contributed by atoms with Gasteiger partial charge in [0, 0.05) is 25.7 Å². The van der Waals surface area contributed by atoms with E-state index in [0.29, 0.717) is 38.6 Å². The molecule has 1 saturated heterocycles. The lowest BCUT2D eigenvalue weighted by Crippen LogP contribution is -2.40. The van der Waals surface area contributed by atoms with Crippen LogP contribution in [-0.2, 0) is 27.5 Å². The van der Waals surface area contributed by atoms with E-state index >= 15 is 0 Å². The Morgan fingerprint density at radius 3 is 2.73 bits per heavy atom. The number of amides is 2. The second-order valence-corrected chi connectivity index (χ2v) is 9.01. The number of hydrogen-bond donors (Lipinski definition) is 0. The Balaban J connectivity index is 1.46. The lowest BCUT2D eigenvalue weighted by Gasteiger charge is -2.25. The van der Waals surface area contributed by atoms with Crippen LogP contribution in [0, 0.1) is 5.92 Å². The van der Waals surface area contributed by atoms with Crippen LogP contribution < -0.4 is 4.74 Å². The predicted molar refractivity (Wildman–Crippen MR) is 124 cm³/mol. The van der Waals surface area contributed by atoms with Crippen molar-refractivity contribution in [2.24, 2.45) is 5.92 Å². The van der Waals surface area contributed by atoms with E-state index in [4.69, 9.17) is 9.47 Å². The molecule has 1 aliphatic carbocycles. The third-order valence-corrected chi connectivity index (χ3v) is 6.52. The van der Waals surface area contributed by atoms with Crippen molar-refractivity contribution in [1.29, 1.82) is 0 Å². The van der Waals surface area contributed by atoms with E-state index in [1.165, 1.54) is 12.8 Å². The number of hydrogen-bond acceptors (Lipinski definition) is 5. The van der Waals surface area contributed by atoms with Crippen molar-refractivity contribution >= 4 is 11.8 Å². The number of nitrogens with zero attached hydrogens (tertiary/aromatic N) is 3. The fourth-order valence-electron chi connectivity index (χ4n) is 4.68. The Hall–Kier alpha value is -2.93. The molecule has 0 radical (unpaired) electrons. The lowest BCUT2D eigenvalue weighted by atomic mass is 10.0. The zero-order chi connectivity index (χ0) is 23.0. The first-order valence-electron chi connectivity index (χ1n) is 11.8. The van der Waals surface area contributed by atoms with Crippen LogP contribution in [0.2, 0.25) is 0 Å². The zero-order valence-electron chi connectivity index (χ0n) is 19.3. The smallest absolute Gasteiger partial charge is 0.242 e. The van der Waals surface area contributed by atoms with E-state index in [2.05, 4.69) is 4.98 Å². The van der Waals surface area contributed by atoms with Gasteiger partial charge in [0.15, 0.2) is 0 Å². The van der Waals surface area contributed by atoms with Crippen molar-refractivity contribution in [3.05, 3.63) is 59.9 Å². The highest BCUT2D eigenvalue weighted by Crippen LogP contribution is 2.28. The quantitative estimate of drug-likeness (QED) is 0.615. The molecule has 1 unspecified atom stereocenters. The Kier molecular flexibility index (Phi) is 7.94. The van der Waals surface area contributed by atoms with Crippen LogP contribution in [0.5, 0.6) is 5.75 Å². The molecule has 4 rings (SSSR count). The van der Waals surface area contributed by atoms with Crippen molar-refractivity contribution < 1.29 is 19.1 Å². The van der Waals surface area contributed by atoms with Gasteiger partial charge in [-0.3, -0.25) is 14.6 Å². The summed E-state index contributed by atoms with van der Waals surface area (Å²) in [6.07, 6.45) is 6.58. The van der Waals surface area contributed by atoms with Gasteiger partial charge in [0.25, 0.3) is 0 Å². The Labute approximate surface area is 195 Å². The van der Waals surface area contributed by atoms with Crippen molar-refractivity contribution in [2.45, 2.75) is 51.4 Å². The van der Waals surface area contributed by atoms with Gasteiger partial charge in [0.1, 0.15) is 5.75 Å². The van der Waals surface area contributed by atoms with Crippen molar-refractivity contribution in [3.63, 3.8) is 0 Å². The first-order chi connectivity index (χ1) is 16.1. The maximum atomic E-state index is 13.1. The van der Waals surface area contributed by atoms with E-state index in [-0.39, 0.29) is 24.5 Å². The maximum absolute atomic E-state index is 13.1. The van der Waals surface area contributed by atoms with Gasteiger partial charge in [0.05, 0.1) is 38.6 Å². The van der Waals surface area contributed by atoms with E-state index in [9.17, 15) is 9.59 Å². The van der Waals surface area contributed by atoms with E-state index < -0.39 is 0 Å². The standard InChI is InChI=1S/C26H33N3O4/c1-32-23-11-6-9-21(13-23)19-33-24-16-28(15-22-10-4-5-12-27-22)26(31)18-29(17-24)25(30)14-20-7-2-3-8-20/h4-6,9-13,20,24H,2-3,7-8,14-19H2,1H3. The number of pyridine rings is 1. The van der Waals surface area contributed by atoms with Gasteiger partial charge in [0.2, 0.25) is 11.8 Å². The van der Waals surface area contributed by atoms with Crippen molar-refractivity contribution in [3.8, 4) is 5.75 Å². The fourth-order valence-corrected chi connectivity index (χ4v) is 4.68. The molecule has 2 fully saturated rings. The summed E-state index contributed by atoms with van der Waals surface area (Å²) < 4.78 is 11.6. The predicted octanol–water partition coefficient (Wildman–Crippen LogP) is 3.43. The van der Waals surface area contributed by atoms with Gasteiger partial charge in [-0.25, -0.2) is 0 Å². The molecule has 1 aromatic carbocycles. The Morgan fingerprint density at radius 1 is 1.12 bits per heavy atom. The van der Waals surface area contributed by atoms with Crippen LogP contribution >= 0.6 is 0 Å². The largest absolute Gasteiger partial charge is 0.497 e. The molecule has 1 saturated carbocycles. The molecular weight excluding hydrogens is 418 g/mol. The molecule has 0 bridgehead atoms. The topological polar surface area (TPSA) is 72.0 Å². The number of aromatic nitrogens is 1. The molecule has 2 heterocycles. The van der Waals surface area contributed by atoms with Crippen LogP contribution in [0.3, 0.4) is 0 Å². The maximum Gasteiger partial charge on any atom is 0.242 e. The minimum atomic E-state index is -0.279. The molecule has 1 aliphatic heterocycles. The summed E-state index contributed by atoms with van der Waals surface area (Å²) in [4.78, 5) is 34.0. The highest BCUT2D eigenvalue weighted by Gasteiger charge is 2.32. The molecule has 0 N–H and O–H groups in total. The van der Waals surface area contributed by atoms with Gasteiger partial charge in [-0.05, 0) is 48.6 Å². The summed E-state index contributed by atoms with van der Waals surface area (Å²) in [5, 5.41) is 0. The fraction of sp³-hybridized carbons (Fsp3) is 0.500. The minimum Gasteiger partial charge on any atom is -0.497 e. The highest BCUT2D eigenvalue weighted by atomic mass is 16.5. The molecule has 176 valence electrons. The summed E-state index contributed by atoms with van der Waals surface area (Å²) in [6, 6.07) is 13.4. The SMILES string of the molecule is COc1cccc(COC2CN(C(=O)CC3CCCC3)CC(=O)N(Cc3ccccn3)C2)c1. The second-order valence-electron chi connectivity index (χ2n) is 9.01. The van der Waals surface area contributed by atoms with Crippen LogP contribution in [0.25, 0.3) is 0 Å². The molecular formula is C26H33N3O4. The number of rotatable bonds is 8. The van der Waals surface area contributed by atoms with Crippen LogP contribution in [0.1, 0.15) is 43.4 Å². The number of methoxy groups -OCH3 is 1. The highest BCUT2D eigenvalue weighted by molar-refractivity contribution is 5.85. The first kappa shape index (κ1) is 23.2. The van der Waals surface area contributed by atoms with Gasteiger partial charge in [-0.15, -0.1) is 0 Å². The number of carbonyl (C=O) groups excluding carboxylic acids is 2. The normalized spacial score (nSPS) is 19.5. The molecule has 1 aromatic heterocycles. The van der Waals surface area contributed by atoms with Crippen LogP contribution in [0.15, 0.2) is 48.7 Å². The average molecular weight is 452 g/mol. The lowest BCUT2D eigenvalue weighted by molar-refractivity contribution is -0.139. The minimum absolute atomic E-state index is 0.0601. The van der Waals surface area contributed by atoms with E-state index in [1.807, 2.05) is 42.5 Å². The summed E-state index contributed by atoms with van der Waals surface area (Å²) in [6.45, 7) is 1.73. The molecule has 0 spiro atoms. The van der Waals surface area contributed by atoms with Crippen molar-refractivity contribution in [2.75, 3.05) is 26.7 Å². The van der Waals surface area contributed by atoms with Crippen molar-refractivity contribution in [1.82, 2.24) is 14.8 Å². The molecule has 7 heteroatoms. The van der Waals surface area contributed by atoms with Gasteiger partial charge < -0.3 is 19.3 Å². The average Bonchev–Trinajstić information content (AvgIpc) is 3.29. The molecule has 2 amide bonds. The molecule has 1 atom stereocenters. The summed E-state index contributed by atoms with van der Waals surface area (Å²) in [5.41, 5.74) is 1.81.